The van der Waals surface area contributed by atoms with Gasteiger partial charge < -0.3 is 10.4 Å². The van der Waals surface area contributed by atoms with E-state index in [1.54, 1.807) is 23.0 Å². The molecular weight excluding hydrogens is 254 g/mol. The van der Waals surface area contributed by atoms with E-state index in [2.05, 4.69) is 10.4 Å². The maximum absolute atomic E-state index is 11.0. The predicted molar refractivity (Wildman–Crippen MR) is 68.9 cm³/mol. The van der Waals surface area contributed by atoms with E-state index in [4.69, 9.17) is 16.7 Å². The fourth-order valence-corrected chi connectivity index (χ4v) is 1.78. The van der Waals surface area contributed by atoms with Gasteiger partial charge in [-0.25, -0.2) is 4.79 Å². The van der Waals surface area contributed by atoms with Crippen molar-refractivity contribution in [2.45, 2.75) is 6.54 Å². The van der Waals surface area contributed by atoms with Crippen molar-refractivity contribution in [3.8, 4) is 0 Å². The van der Waals surface area contributed by atoms with Gasteiger partial charge in [0, 0.05) is 30.4 Å². The molecule has 0 amide bonds. The van der Waals surface area contributed by atoms with Crippen LogP contribution in [0, 0.1) is 0 Å². The molecule has 0 aliphatic rings. The molecule has 94 valence electrons. The summed E-state index contributed by atoms with van der Waals surface area (Å²) in [6, 6.07) is 4.64. The molecule has 0 saturated heterocycles. The van der Waals surface area contributed by atoms with Crippen molar-refractivity contribution in [2.24, 2.45) is 7.05 Å². The van der Waals surface area contributed by atoms with Gasteiger partial charge in [0.1, 0.15) is 0 Å². The van der Waals surface area contributed by atoms with Crippen LogP contribution in [0.2, 0.25) is 5.02 Å². The molecule has 0 bridgehead atoms. The maximum Gasteiger partial charge on any atom is 0.337 e. The molecule has 1 heterocycles. The number of carboxylic acids is 1. The van der Waals surface area contributed by atoms with Gasteiger partial charge in [0.15, 0.2) is 0 Å². The highest BCUT2D eigenvalue weighted by molar-refractivity contribution is 6.31. The molecule has 18 heavy (non-hydrogen) atoms. The first-order chi connectivity index (χ1) is 8.56. The molecular formula is C12H12ClN3O2. The number of aryl methyl sites for hydroxylation is 1. The van der Waals surface area contributed by atoms with E-state index in [1.807, 2.05) is 13.2 Å². The van der Waals surface area contributed by atoms with Gasteiger partial charge in [-0.15, -0.1) is 0 Å². The van der Waals surface area contributed by atoms with Crippen molar-refractivity contribution in [1.82, 2.24) is 9.78 Å². The van der Waals surface area contributed by atoms with Crippen LogP contribution >= 0.6 is 11.6 Å². The van der Waals surface area contributed by atoms with E-state index < -0.39 is 5.97 Å². The Kier molecular flexibility index (Phi) is 3.53. The highest BCUT2D eigenvalue weighted by Gasteiger charge is 2.10. The van der Waals surface area contributed by atoms with Crippen LogP contribution in [0.1, 0.15) is 15.9 Å². The van der Waals surface area contributed by atoms with Crippen LogP contribution in [0.15, 0.2) is 30.6 Å². The summed E-state index contributed by atoms with van der Waals surface area (Å²) >= 11 is 5.86. The average molecular weight is 266 g/mol. The van der Waals surface area contributed by atoms with Gasteiger partial charge >= 0.3 is 5.97 Å². The van der Waals surface area contributed by atoms with Crippen LogP contribution < -0.4 is 5.32 Å². The third-order valence-corrected chi connectivity index (χ3v) is 2.69. The van der Waals surface area contributed by atoms with Crippen molar-refractivity contribution < 1.29 is 9.90 Å². The number of nitrogens with one attached hydrogen (secondary N) is 1. The molecule has 1 aromatic heterocycles. The van der Waals surface area contributed by atoms with E-state index in [-0.39, 0.29) is 5.56 Å². The van der Waals surface area contributed by atoms with Crippen LogP contribution in [-0.2, 0) is 13.6 Å². The van der Waals surface area contributed by atoms with Gasteiger partial charge in [0.05, 0.1) is 17.4 Å². The van der Waals surface area contributed by atoms with E-state index in [0.717, 1.165) is 5.56 Å². The first-order valence-electron chi connectivity index (χ1n) is 5.30. The van der Waals surface area contributed by atoms with Gasteiger partial charge in [-0.3, -0.25) is 4.68 Å². The summed E-state index contributed by atoms with van der Waals surface area (Å²) in [5, 5.41) is 16.6. The molecule has 2 aromatic rings. The van der Waals surface area contributed by atoms with Crippen LogP contribution in [-0.4, -0.2) is 20.9 Å². The van der Waals surface area contributed by atoms with Gasteiger partial charge in [0.25, 0.3) is 0 Å². The zero-order valence-electron chi connectivity index (χ0n) is 9.72. The number of hydrogen-bond donors (Lipinski definition) is 2. The third-order valence-electron chi connectivity index (χ3n) is 2.45. The number of rotatable bonds is 4. The highest BCUT2D eigenvalue weighted by Crippen LogP contribution is 2.21. The number of aromatic nitrogens is 2. The molecule has 0 saturated carbocycles. The Morgan fingerprint density at radius 1 is 1.56 bits per heavy atom. The highest BCUT2D eigenvalue weighted by atomic mass is 35.5. The molecule has 6 heteroatoms. The van der Waals surface area contributed by atoms with Crippen molar-refractivity contribution in [2.75, 3.05) is 5.32 Å². The fourth-order valence-electron chi connectivity index (χ4n) is 1.61. The number of aromatic carboxylic acids is 1. The molecule has 0 fully saturated rings. The lowest BCUT2D eigenvalue weighted by Crippen LogP contribution is -2.06. The molecule has 0 atom stereocenters. The van der Waals surface area contributed by atoms with Gasteiger partial charge in [-0.05, 0) is 18.2 Å². The summed E-state index contributed by atoms with van der Waals surface area (Å²) in [6.45, 7) is 0.495. The lowest BCUT2D eigenvalue weighted by atomic mass is 10.1. The molecule has 0 aliphatic carbocycles. The summed E-state index contributed by atoms with van der Waals surface area (Å²) in [5.74, 6) is -0.986. The van der Waals surface area contributed by atoms with Crippen LogP contribution in [0.4, 0.5) is 5.69 Å². The zero-order valence-corrected chi connectivity index (χ0v) is 10.5. The Morgan fingerprint density at radius 3 is 2.94 bits per heavy atom. The third kappa shape index (κ3) is 2.81. The predicted octanol–water partition coefficient (Wildman–Crippen LogP) is 2.38. The summed E-state index contributed by atoms with van der Waals surface area (Å²) in [4.78, 5) is 11.0. The molecule has 1 aromatic carbocycles. The normalized spacial score (nSPS) is 10.3. The summed E-state index contributed by atoms with van der Waals surface area (Å²) in [7, 11) is 1.82. The largest absolute Gasteiger partial charge is 0.478 e. The van der Waals surface area contributed by atoms with E-state index in [1.165, 1.54) is 6.07 Å². The number of halogens is 1. The standard InChI is InChI=1S/C12H12ClN3O2/c1-16-7-8(6-15-16)5-14-11-4-9(13)2-3-10(11)12(17)18/h2-4,6-7,14H,5H2,1H3,(H,17,18). The van der Waals surface area contributed by atoms with Crippen LogP contribution in [0.25, 0.3) is 0 Å². The summed E-state index contributed by atoms with van der Waals surface area (Å²) < 4.78 is 1.69. The smallest absolute Gasteiger partial charge is 0.337 e. The Bertz CT molecular complexity index is 580. The Morgan fingerprint density at radius 2 is 2.33 bits per heavy atom. The van der Waals surface area contributed by atoms with Crippen molar-refractivity contribution >= 4 is 23.3 Å². The molecule has 0 unspecified atom stereocenters. The Hall–Kier alpha value is -2.01. The molecule has 0 spiro atoms. The van der Waals surface area contributed by atoms with Crippen LogP contribution in [0.5, 0.6) is 0 Å². The number of carboxylic acid groups (broad SMARTS) is 1. The minimum atomic E-state index is -0.986. The average Bonchev–Trinajstić information content (AvgIpc) is 2.72. The van der Waals surface area contributed by atoms with Gasteiger partial charge in [-0.1, -0.05) is 11.6 Å². The Balaban J connectivity index is 2.17. The van der Waals surface area contributed by atoms with Crippen molar-refractivity contribution in [3.63, 3.8) is 0 Å². The maximum atomic E-state index is 11.0. The quantitative estimate of drug-likeness (QED) is 0.891. The number of carbonyl (C=O) groups is 1. The minimum Gasteiger partial charge on any atom is -0.478 e. The van der Waals surface area contributed by atoms with Gasteiger partial charge in [-0.2, -0.15) is 5.10 Å². The number of anilines is 1. The second-order valence-electron chi connectivity index (χ2n) is 3.87. The molecule has 5 nitrogen and oxygen atoms in total. The monoisotopic (exact) mass is 265 g/mol. The number of hydrogen-bond acceptors (Lipinski definition) is 3. The fraction of sp³-hybridized carbons (Fsp3) is 0.167. The molecule has 0 radical (unpaired) electrons. The lowest BCUT2D eigenvalue weighted by molar-refractivity contribution is 0.0698. The van der Waals surface area contributed by atoms with Gasteiger partial charge in [0.2, 0.25) is 0 Å². The topological polar surface area (TPSA) is 67.2 Å². The molecule has 0 aliphatic heterocycles. The molecule has 2 rings (SSSR count). The first-order valence-corrected chi connectivity index (χ1v) is 5.68. The van der Waals surface area contributed by atoms with E-state index in [9.17, 15) is 4.79 Å². The molecule has 2 N–H and O–H groups in total. The first kappa shape index (κ1) is 12.4. The second kappa shape index (κ2) is 5.10. The van der Waals surface area contributed by atoms with E-state index >= 15 is 0 Å². The van der Waals surface area contributed by atoms with Crippen molar-refractivity contribution in [1.29, 1.82) is 0 Å². The number of benzene rings is 1. The number of nitrogens with zero attached hydrogens (tertiary/aromatic N) is 2. The Labute approximate surface area is 109 Å². The van der Waals surface area contributed by atoms with Crippen LogP contribution in [0.3, 0.4) is 0 Å². The lowest BCUT2D eigenvalue weighted by Gasteiger charge is -2.08. The zero-order chi connectivity index (χ0) is 13.1. The minimum absolute atomic E-state index is 0.197. The second-order valence-corrected chi connectivity index (χ2v) is 4.31. The summed E-state index contributed by atoms with van der Waals surface area (Å²) in [5.41, 5.74) is 1.66. The summed E-state index contributed by atoms with van der Waals surface area (Å²) in [6.07, 6.45) is 3.58. The van der Waals surface area contributed by atoms with E-state index in [0.29, 0.717) is 17.3 Å². The van der Waals surface area contributed by atoms with Crippen molar-refractivity contribution in [3.05, 3.63) is 46.7 Å². The SMILES string of the molecule is Cn1cc(CNc2cc(Cl)ccc2C(=O)O)cn1.